The molecule has 212 valence electrons. The first-order valence-corrected chi connectivity index (χ1v) is 14.4. The van der Waals surface area contributed by atoms with Crippen LogP contribution in [0.5, 0.6) is 11.5 Å². The molecule has 2 N–H and O–H groups in total. The van der Waals surface area contributed by atoms with Crippen molar-refractivity contribution >= 4 is 11.9 Å². The molecule has 38 heavy (non-hydrogen) atoms. The lowest BCUT2D eigenvalue weighted by Crippen LogP contribution is -2.15. The summed E-state index contributed by atoms with van der Waals surface area (Å²) in [5.74, 6) is -0.550. The smallest absolute Gasteiger partial charge is 0.339 e. The van der Waals surface area contributed by atoms with Crippen molar-refractivity contribution in [1.82, 2.24) is 0 Å². The van der Waals surface area contributed by atoms with Gasteiger partial charge in [0.15, 0.2) is 0 Å². The van der Waals surface area contributed by atoms with E-state index in [1.165, 1.54) is 51.4 Å². The van der Waals surface area contributed by atoms with Gasteiger partial charge in [-0.3, -0.25) is 0 Å². The zero-order valence-corrected chi connectivity index (χ0v) is 23.7. The number of phenols is 2. The lowest BCUT2D eigenvalue weighted by molar-refractivity contribution is 0.0450. The lowest BCUT2D eigenvalue weighted by Gasteiger charge is -2.10. The Balaban J connectivity index is 0.000000600. The number of phenolic OH excluding ortho intramolecular Hbond substituents is 2. The zero-order chi connectivity index (χ0) is 28.0. The van der Waals surface area contributed by atoms with Crippen LogP contribution in [-0.4, -0.2) is 35.4 Å². The average molecular weight is 529 g/mol. The molecule has 0 unspecified atom stereocenters. The minimum atomic E-state index is -0.444. The second kappa shape index (κ2) is 21.0. The molecule has 2 aromatic rings. The van der Waals surface area contributed by atoms with Crippen LogP contribution in [0.15, 0.2) is 42.5 Å². The number of aromatic hydroxyl groups is 2. The van der Waals surface area contributed by atoms with Crippen molar-refractivity contribution in [3.05, 3.63) is 59.2 Å². The third-order valence-corrected chi connectivity index (χ3v) is 6.31. The van der Waals surface area contributed by atoms with Crippen LogP contribution in [0.3, 0.4) is 0 Å². The molecule has 0 amide bonds. The van der Waals surface area contributed by atoms with Crippen molar-refractivity contribution in [1.29, 1.82) is 0 Å². The highest BCUT2D eigenvalue weighted by molar-refractivity contribution is 6.03. The van der Waals surface area contributed by atoms with Gasteiger partial charge in [0, 0.05) is 5.56 Å². The van der Waals surface area contributed by atoms with E-state index in [-0.39, 0.29) is 11.5 Å². The van der Waals surface area contributed by atoms with Crippen molar-refractivity contribution in [3.63, 3.8) is 0 Å². The van der Waals surface area contributed by atoms with E-state index in [4.69, 9.17) is 19.7 Å². The van der Waals surface area contributed by atoms with Crippen molar-refractivity contribution in [3.8, 4) is 11.5 Å². The van der Waals surface area contributed by atoms with E-state index in [2.05, 4.69) is 13.8 Å². The molecule has 0 heterocycles. The largest absolute Gasteiger partial charge is 0.508 e. The number of hydrogen-bond donors (Lipinski definition) is 2. The maximum atomic E-state index is 12.4. The summed E-state index contributed by atoms with van der Waals surface area (Å²) >= 11 is 0. The molecule has 0 fully saturated rings. The number of carbonyl (C=O) groups excluding carboxylic acids is 2. The number of rotatable bonds is 17. The molecule has 0 bridgehead atoms. The standard InChI is InChI=1S/C24H38O4.C8H10O2/c1-3-5-7-9-11-15-19-27-23(25)21-17-13-14-18-22(21)24(26)28-20-16-12-10-8-6-4-2;1-2-6-7(9)4-3-5-8(6)10/h13-14,17-18H,3-12,15-16,19-20H2,1-2H3;3-5,9-10H,2H2,1H3. The third kappa shape index (κ3) is 13.5. The van der Waals surface area contributed by atoms with Gasteiger partial charge in [-0.1, -0.05) is 103 Å². The number of benzene rings is 2. The van der Waals surface area contributed by atoms with E-state index in [0.29, 0.717) is 36.3 Å². The Bertz CT molecular complexity index is 855. The monoisotopic (exact) mass is 528 g/mol. The summed E-state index contributed by atoms with van der Waals surface area (Å²) in [5, 5.41) is 18.3. The molecule has 0 aliphatic rings. The fraction of sp³-hybridized carbons (Fsp3) is 0.562. The highest BCUT2D eigenvalue weighted by Crippen LogP contribution is 2.26. The Morgan fingerprint density at radius 2 is 0.974 bits per heavy atom. The highest BCUT2D eigenvalue weighted by Gasteiger charge is 2.18. The number of ether oxygens (including phenoxy) is 2. The number of carbonyl (C=O) groups is 2. The van der Waals surface area contributed by atoms with Crippen LogP contribution < -0.4 is 0 Å². The molecule has 0 saturated carbocycles. The number of unbranched alkanes of at least 4 members (excludes halogenated alkanes) is 10. The molecule has 6 heteroatoms. The molecule has 6 nitrogen and oxygen atoms in total. The van der Waals surface area contributed by atoms with Crippen molar-refractivity contribution in [2.45, 2.75) is 104 Å². The summed E-state index contributed by atoms with van der Waals surface area (Å²) in [6.07, 6.45) is 14.3. The first kappa shape index (κ1) is 33.0. The van der Waals surface area contributed by atoms with Crippen LogP contribution in [0.25, 0.3) is 0 Å². The predicted octanol–water partition coefficient (Wildman–Crippen LogP) is 8.38. The second-order valence-electron chi connectivity index (χ2n) is 9.48. The molecule has 2 aromatic carbocycles. The van der Waals surface area contributed by atoms with E-state index in [9.17, 15) is 9.59 Å². The Labute approximate surface area is 229 Å². The molecule has 0 saturated heterocycles. The molecule has 0 aliphatic carbocycles. The first-order chi connectivity index (χ1) is 18.5. The predicted molar refractivity (Wildman–Crippen MR) is 153 cm³/mol. The second-order valence-corrected chi connectivity index (χ2v) is 9.48. The van der Waals surface area contributed by atoms with Gasteiger partial charge in [0.2, 0.25) is 0 Å². The summed E-state index contributed by atoms with van der Waals surface area (Å²) < 4.78 is 10.7. The molecular weight excluding hydrogens is 480 g/mol. The van der Waals surface area contributed by atoms with Gasteiger partial charge < -0.3 is 19.7 Å². The number of hydrogen-bond acceptors (Lipinski definition) is 6. The highest BCUT2D eigenvalue weighted by atomic mass is 16.5. The summed E-state index contributed by atoms with van der Waals surface area (Å²) in [6.45, 7) is 7.06. The molecule has 0 radical (unpaired) electrons. The Kier molecular flexibility index (Phi) is 18.2. The van der Waals surface area contributed by atoms with Gasteiger partial charge in [-0.25, -0.2) is 9.59 Å². The molecule has 0 aromatic heterocycles. The van der Waals surface area contributed by atoms with Gasteiger partial charge >= 0.3 is 11.9 Å². The fourth-order valence-corrected chi connectivity index (χ4v) is 4.01. The summed E-state index contributed by atoms with van der Waals surface area (Å²) in [5.41, 5.74) is 1.20. The van der Waals surface area contributed by atoms with Gasteiger partial charge in [0.1, 0.15) is 11.5 Å². The van der Waals surface area contributed by atoms with Gasteiger partial charge in [-0.2, -0.15) is 0 Å². The molecule has 0 spiro atoms. The summed E-state index contributed by atoms with van der Waals surface area (Å²) in [4.78, 5) is 24.7. The topological polar surface area (TPSA) is 93.1 Å². The minimum Gasteiger partial charge on any atom is -0.508 e. The van der Waals surface area contributed by atoms with E-state index in [1.54, 1.807) is 42.5 Å². The Morgan fingerprint density at radius 3 is 1.34 bits per heavy atom. The van der Waals surface area contributed by atoms with Gasteiger partial charge in [0.05, 0.1) is 24.3 Å². The van der Waals surface area contributed by atoms with E-state index < -0.39 is 11.9 Å². The Morgan fingerprint density at radius 1 is 0.579 bits per heavy atom. The fourth-order valence-electron chi connectivity index (χ4n) is 4.01. The summed E-state index contributed by atoms with van der Waals surface area (Å²) in [7, 11) is 0. The van der Waals surface area contributed by atoms with Crippen molar-refractivity contribution in [2.75, 3.05) is 13.2 Å². The minimum absolute atomic E-state index is 0.169. The molecule has 2 rings (SSSR count). The lowest BCUT2D eigenvalue weighted by atomic mass is 10.1. The maximum Gasteiger partial charge on any atom is 0.339 e. The third-order valence-electron chi connectivity index (χ3n) is 6.31. The normalized spacial score (nSPS) is 10.4. The van der Waals surface area contributed by atoms with Crippen molar-refractivity contribution in [2.24, 2.45) is 0 Å². The van der Waals surface area contributed by atoms with Crippen LogP contribution in [0.4, 0.5) is 0 Å². The summed E-state index contributed by atoms with van der Waals surface area (Å²) in [6, 6.07) is 11.5. The van der Waals surface area contributed by atoms with Crippen molar-refractivity contribution < 1.29 is 29.3 Å². The van der Waals surface area contributed by atoms with Crippen LogP contribution in [0, 0.1) is 0 Å². The maximum absolute atomic E-state index is 12.4. The van der Waals surface area contributed by atoms with E-state index >= 15 is 0 Å². The SMILES string of the molecule is CCCCCCCCOC(=O)c1ccccc1C(=O)OCCCCCCCC.CCc1c(O)cccc1O. The van der Waals surface area contributed by atoms with Gasteiger partial charge in [0.25, 0.3) is 0 Å². The van der Waals surface area contributed by atoms with Crippen LogP contribution >= 0.6 is 0 Å². The Hall–Kier alpha value is -3.02. The first-order valence-electron chi connectivity index (χ1n) is 14.4. The van der Waals surface area contributed by atoms with Gasteiger partial charge in [-0.05, 0) is 43.5 Å². The molecule has 0 aliphatic heterocycles. The molecule has 0 atom stereocenters. The zero-order valence-electron chi connectivity index (χ0n) is 23.7. The van der Waals surface area contributed by atoms with Gasteiger partial charge in [-0.15, -0.1) is 0 Å². The van der Waals surface area contributed by atoms with E-state index in [1.807, 2.05) is 6.92 Å². The van der Waals surface area contributed by atoms with Crippen LogP contribution in [0.1, 0.15) is 124 Å². The average Bonchev–Trinajstić information content (AvgIpc) is 2.92. The van der Waals surface area contributed by atoms with Crippen LogP contribution in [0.2, 0.25) is 0 Å². The van der Waals surface area contributed by atoms with E-state index in [0.717, 1.165) is 25.7 Å². The van der Waals surface area contributed by atoms with Crippen LogP contribution in [-0.2, 0) is 15.9 Å². The quantitative estimate of drug-likeness (QED) is 0.158. The number of esters is 2. The molecular formula is C32H48O6.